The minimum atomic E-state index is 0.195. The second kappa shape index (κ2) is 8.14. The lowest BCUT2D eigenvalue weighted by Crippen LogP contribution is -2.44. The van der Waals surface area contributed by atoms with E-state index in [2.05, 4.69) is 63.0 Å². The Balaban J connectivity index is 1.68. The van der Waals surface area contributed by atoms with Gasteiger partial charge in [-0.3, -0.25) is 0 Å². The van der Waals surface area contributed by atoms with E-state index in [1.165, 1.54) is 31.2 Å². The molecule has 0 spiro atoms. The molecule has 3 rings (SSSR count). The summed E-state index contributed by atoms with van der Waals surface area (Å²) < 4.78 is 5.00. The highest BCUT2D eigenvalue weighted by molar-refractivity contribution is 5.79. The molecule has 25 heavy (non-hydrogen) atoms. The summed E-state index contributed by atoms with van der Waals surface area (Å²) in [4.78, 5) is 8.79. The van der Waals surface area contributed by atoms with E-state index in [9.17, 15) is 0 Å². The Morgan fingerprint density at radius 2 is 1.96 bits per heavy atom. The molecule has 1 aromatic carbocycles. The fraction of sp³-hybridized carbons (Fsp3) is 0.526. The van der Waals surface area contributed by atoms with Crippen LogP contribution in [0.2, 0.25) is 0 Å². The number of benzene rings is 1. The zero-order valence-electron chi connectivity index (χ0n) is 15.1. The maximum Gasteiger partial charge on any atom is 0.223 e. The van der Waals surface area contributed by atoms with Crippen molar-refractivity contribution in [1.29, 1.82) is 0 Å². The molecule has 0 radical (unpaired) electrons. The zero-order valence-corrected chi connectivity index (χ0v) is 15.1. The van der Waals surface area contributed by atoms with Crippen LogP contribution in [0.4, 0.5) is 0 Å². The second-order valence-electron chi connectivity index (χ2n) is 6.63. The molecule has 0 bridgehead atoms. The van der Waals surface area contributed by atoms with Crippen LogP contribution in [0.15, 0.2) is 39.8 Å². The fourth-order valence-electron chi connectivity index (χ4n) is 3.56. The van der Waals surface area contributed by atoms with Crippen LogP contribution in [0.3, 0.4) is 0 Å². The number of nitrogens with one attached hydrogen (secondary N) is 2. The van der Waals surface area contributed by atoms with Gasteiger partial charge in [-0.1, -0.05) is 48.3 Å². The van der Waals surface area contributed by atoms with Crippen LogP contribution in [0.5, 0.6) is 0 Å². The Morgan fingerprint density at radius 1 is 1.20 bits per heavy atom. The topological polar surface area (TPSA) is 75.3 Å². The van der Waals surface area contributed by atoms with Gasteiger partial charge in [0.2, 0.25) is 5.89 Å². The van der Waals surface area contributed by atoms with Crippen LogP contribution in [-0.4, -0.2) is 29.2 Å². The molecule has 2 N–H and O–H groups in total. The molecule has 0 unspecified atom stereocenters. The van der Waals surface area contributed by atoms with E-state index in [0.29, 0.717) is 18.3 Å². The van der Waals surface area contributed by atoms with Gasteiger partial charge < -0.3 is 15.2 Å². The van der Waals surface area contributed by atoms with Gasteiger partial charge in [-0.25, -0.2) is 4.99 Å². The van der Waals surface area contributed by atoms with Crippen LogP contribution >= 0.6 is 0 Å². The molecule has 134 valence electrons. The van der Waals surface area contributed by atoms with Crippen molar-refractivity contribution in [3.63, 3.8) is 0 Å². The highest BCUT2D eigenvalue weighted by Gasteiger charge is 2.35. The molecular formula is C19H27N5O. The van der Waals surface area contributed by atoms with Gasteiger partial charge in [-0.15, -0.1) is 0 Å². The van der Waals surface area contributed by atoms with E-state index in [1.807, 2.05) is 0 Å². The lowest BCUT2D eigenvalue weighted by Gasteiger charge is -2.30. The summed E-state index contributed by atoms with van der Waals surface area (Å²) in [6, 6.07) is 10.8. The van der Waals surface area contributed by atoms with Crippen LogP contribution in [0.25, 0.3) is 0 Å². The lowest BCUT2D eigenvalue weighted by molar-refractivity contribution is 0.387. The molecule has 2 aromatic rings. The SMILES string of the molecule is CCNC(=NCc1noc(C)n1)NCC1(c2ccccc2)CCCC1. The largest absolute Gasteiger partial charge is 0.357 e. The molecule has 6 nitrogen and oxygen atoms in total. The molecule has 1 aromatic heterocycles. The number of hydrogen-bond donors (Lipinski definition) is 2. The lowest BCUT2D eigenvalue weighted by atomic mass is 9.79. The molecule has 0 atom stereocenters. The van der Waals surface area contributed by atoms with Crippen molar-refractivity contribution in [3.8, 4) is 0 Å². The highest BCUT2D eigenvalue weighted by atomic mass is 16.5. The third kappa shape index (κ3) is 4.38. The van der Waals surface area contributed by atoms with Gasteiger partial charge in [0.05, 0.1) is 0 Å². The number of aryl methyl sites for hydroxylation is 1. The summed E-state index contributed by atoms with van der Waals surface area (Å²) >= 11 is 0. The Bertz CT molecular complexity index is 689. The molecule has 1 aliphatic rings. The monoisotopic (exact) mass is 341 g/mol. The summed E-state index contributed by atoms with van der Waals surface area (Å²) in [5.41, 5.74) is 1.62. The van der Waals surface area contributed by atoms with Crippen molar-refractivity contribution in [3.05, 3.63) is 47.6 Å². The minimum absolute atomic E-state index is 0.195. The maximum atomic E-state index is 5.00. The van der Waals surface area contributed by atoms with Crippen LogP contribution in [0.1, 0.15) is 49.9 Å². The van der Waals surface area contributed by atoms with Crippen molar-refractivity contribution in [2.75, 3.05) is 13.1 Å². The smallest absolute Gasteiger partial charge is 0.223 e. The summed E-state index contributed by atoms with van der Waals surface area (Å²) in [6.07, 6.45) is 5.00. The summed E-state index contributed by atoms with van der Waals surface area (Å²) in [5.74, 6) is 1.97. The number of nitrogens with zero attached hydrogens (tertiary/aromatic N) is 3. The molecule has 1 heterocycles. The van der Waals surface area contributed by atoms with Gasteiger partial charge in [-0.2, -0.15) is 4.98 Å². The third-order valence-corrected chi connectivity index (χ3v) is 4.83. The predicted octanol–water partition coefficient (Wildman–Crippen LogP) is 2.95. The average molecular weight is 341 g/mol. The molecule has 0 amide bonds. The molecule has 1 saturated carbocycles. The van der Waals surface area contributed by atoms with Crippen molar-refractivity contribution >= 4 is 5.96 Å². The number of rotatable bonds is 6. The average Bonchev–Trinajstić information content (AvgIpc) is 3.28. The summed E-state index contributed by atoms with van der Waals surface area (Å²) in [5, 5.41) is 10.7. The van der Waals surface area contributed by atoms with Crippen molar-refractivity contribution < 1.29 is 4.52 Å². The molecule has 6 heteroatoms. The first-order valence-electron chi connectivity index (χ1n) is 9.09. The summed E-state index contributed by atoms with van der Waals surface area (Å²) in [7, 11) is 0. The van der Waals surface area contributed by atoms with E-state index in [0.717, 1.165) is 19.0 Å². The highest BCUT2D eigenvalue weighted by Crippen LogP contribution is 2.40. The minimum Gasteiger partial charge on any atom is -0.357 e. The van der Waals surface area contributed by atoms with E-state index in [4.69, 9.17) is 4.52 Å². The maximum absolute atomic E-state index is 5.00. The Kier molecular flexibility index (Phi) is 5.68. The van der Waals surface area contributed by atoms with Crippen molar-refractivity contribution in [2.24, 2.45) is 4.99 Å². The Labute approximate surface area is 149 Å². The Morgan fingerprint density at radius 3 is 2.60 bits per heavy atom. The van der Waals surface area contributed by atoms with E-state index >= 15 is 0 Å². The molecule has 1 aliphatic carbocycles. The molecular weight excluding hydrogens is 314 g/mol. The van der Waals surface area contributed by atoms with E-state index in [1.54, 1.807) is 6.92 Å². The van der Waals surface area contributed by atoms with Gasteiger partial charge in [0.25, 0.3) is 0 Å². The van der Waals surface area contributed by atoms with Crippen molar-refractivity contribution in [1.82, 2.24) is 20.8 Å². The summed E-state index contributed by atoms with van der Waals surface area (Å²) in [6.45, 7) is 5.96. The number of guanidine groups is 1. The van der Waals surface area contributed by atoms with E-state index < -0.39 is 0 Å². The fourth-order valence-corrected chi connectivity index (χ4v) is 3.56. The molecule has 1 fully saturated rings. The normalized spacial score (nSPS) is 16.8. The third-order valence-electron chi connectivity index (χ3n) is 4.83. The molecule has 0 saturated heterocycles. The van der Waals surface area contributed by atoms with Crippen LogP contribution < -0.4 is 10.6 Å². The van der Waals surface area contributed by atoms with Gasteiger partial charge in [0, 0.05) is 25.4 Å². The predicted molar refractivity (Wildman–Crippen MR) is 98.4 cm³/mol. The zero-order chi connectivity index (χ0) is 17.5. The number of hydrogen-bond acceptors (Lipinski definition) is 4. The van der Waals surface area contributed by atoms with Gasteiger partial charge in [0.1, 0.15) is 6.54 Å². The van der Waals surface area contributed by atoms with Gasteiger partial charge in [0.15, 0.2) is 11.8 Å². The first kappa shape index (κ1) is 17.5. The first-order chi connectivity index (χ1) is 12.2. The molecule has 0 aliphatic heterocycles. The van der Waals surface area contributed by atoms with Gasteiger partial charge in [-0.05, 0) is 25.3 Å². The van der Waals surface area contributed by atoms with Crippen molar-refractivity contribution in [2.45, 2.75) is 51.5 Å². The number of aliphatic imine (C=N–C) groups is 1. The van der Waals surface area contributed by atoms with E-state index in [-0.39, 0.29) is 5.41 Å². The first-order valence-corrected chi connectivity index (χ1v) is 9.09. The number of aromatic nitrogens is 2. The van der Waals surface area contributed by atoms with Crippen LogP contribution in [-0.2, 0) is 12.0 Å². The standard InChI is InChI=1S/C19H27N5O/c1-3-20-18(21-13-17-23-15(2)25-24-17)22-14-19(11-7-8-12-19)16-9-5-4-6-10-16/h4-6,9-10H,3,7-8,11-14H2,1-2H3,(H2,20,21,22). The quantitative estimate of drug-likeness (QED) is 0.624. The second-order valence-corrected chi connectivity index (χ2v) is 6.63. The Hall–Kier alpha value is -2.37. The van der Waals surface area contributed by atoms with Gasteiger partial charge >= 0.3 is 0 Å². The van der Waals surface area contributed by atoms with Crippen LogP contribution in [0, 0.1) is 6.92 Å².